The Bertz CT molecular complexity index is 499. The fraction of sp³-hybridized carbons (Fsp3) is 0.0714. The molecular weight excluding hydrogens is 278 g/mol. The zero-order valence-electron chi connectivity index (χ0n) is 9.14. The quantitative estimate of drug-likeness (QED) is 0.789. The normalized spacial score (nSPS) is 9.94. The summed E-state index contributed by atoms with van der Waals surface area (Å²) in [5, 5.41) is 0. The summed E-state index contributed by atoms with van der Waals surface area (Å²) in [6, 6.07) is 17.5. The summed E-state index contributed by atoms with van der Waals surface area (Å²) >= 11 is 3.39. The molecule has 0 aliphatic rings. The highest BCUT2D eigenvalue weighted by atomic mass is 79.9. The average molecular weight is 289 g/mol. The van der Waals surface area contributed by atoms with Crippen LogP contribution in [0.3, 0.4) is 0 Å². The first-order chi connectivity index (χ1) is 8.29. The highest BCUT2D eigenvalue weighted by Gasteiger charge is 2.07. The van der Waals surface area contributed by atoms with Crippen LogP contribution in [-0.4, -0.2) is 6.41 Å². The van der Waals surface area contributed by atoms with Gasteiger partial charge in [-0.2, -0.15) is 0 Å². The molecule has 0 fully saturated rings. The Morgan fingerprint density at radius 1 is 1.06 bits per heavy atom. The summed E-state index contributed by atoms with van der Waals surface area (Å²) in [6.07, 6.45) is 1.96. The summed E-state index contributed by atoms with van der Waals surface area (Å²) < 4.78 is 0.948. The molecule has 0 unspecified atom stereocenters. The number of rotatable bonds is 4. The maximum atomic E-state index is 11.0. The summed E-state index contributed by atoms with van der Waals surface area (Å²) in [6.45, 7) is 0.529. The topological polar surface area (TPSA) is 20.3 Å². The van der Waals surface area contributed by atoms with E-state index in [1.807, 2.05) is 61.0 Å². The van der Waals surface area contributed by atoms with Gasteiger partial charge in [0.1, 0.15) is 0 Å². The van der Waals surface area contributed by atoms with E-state index in [1.54, 1.807) is 4.90 Å². The first kappa shape index (κ1) is 11.9. The monoisotopic (exact) mass is 288 g/mol. The molecule has 3 heteroatoms. The van der Waals surface area contributed by atoms with Gasteiger partial charge in [0.25, 0.3) is 0 Å². The molecule has 0 aromatic heterocycles. The number of hydrogen-bond acceptors (Lipinski definition) is 1. The Balaban J connectivity index is 2.20. The van der Waals surface area contributed by atoms with E-state index in [1.165, 1.54) is 0 Å². The van der Waals surface area contributed by atoms with Gasteiger partial charge in [-0.25, -0.2) is 0 Å². The van der Waals surface area contributed by atoms with Crippen molar-refractivity contribution in [3.05, 3.63) is 64.6 Å². The second-order valence-corrected chi connectivity index (χ2v) is 4.56. The number of nitrogens with zero attached hydrogens (tertiary/aromatic N) is 1. The van der Waals surface area contributed by atoms with Gasteiger partial charge in [-0.3, -0.25) is 9.69 Å². The third-order valence-corrected chi connectivity index (χ3v) is 2.91. The SMILES string of the molecule is O=[C]N(Cc1ccccc1)c1cccc(Br)c1. The van der Waals surface area contributed by atoms with Gasteiger partial charge in [-0.15, -0.1) is 0 Å². The van der Waals surface area contributed by atoms with Crippen molar-refractivity contribution in [2.45, 2.75) is 6.54 Å². The maximum absolute atomic E-state index is 11.0. The second-order valence-electron chi connectivity index (χ2n) is 3.64. The molecule has 17 heavy (non-hydrogen) atoms. The van der Waals surface area contributed by atoms with Crippen molar-refractivity contribution in [2.24, 2.45) is 0 Å². The zero-order chi connectivity index (χ0) is 12.1. The molecule has 0 N–H and O–H groups in total. The van der Waals surface area contributed by atoms with Crippen LogP contribution in [0.15, 0.2) is 59.1 Å². The van der Waals surface area contributed by atoms with Gasteiger partial charge in [0.15, 0.2) is 0 Å². The fourth-order valence-electron chi connectivity index (χ4n) is 1.59. The maximum Gasteiger partial charge on any atom is 0.317 e. The fourth-order valence-corrected chi connectivity index (χ4v) is 1.97. The molecule has 1 amide bonds. The van der Waals surface area contributed by atoms with E-state index in [-0.39, 0.29) is 0 Å². The molecule has 0 aliphatic heterocycles. The largest absolute Gasteiger partial charge is 0.317 e. The molecule has 0 spiro atoms. The molecule has 0 atom stereocenters. The van der Waals surface area contributed by atoms with Gasteiger partial charge in [0.2, 0.25) is 0 Å². The number of amides is 1. The molecule has 0 heterocycles. The molecule has 2 aromatic rings. The molecule has 85 valence electrons. The van der Waals surface area contributed by atoms with Gasteiger partial charge in [-0.1, -0.05) is 52.3 Å². The number of anilines is 1. The van der Waals surface area contributed by atoms with Crippen molar-refractivity contribution in [3.63, 3.8) is 0 Å². The number of benzene rings is 2. The minimum atomic E-state index is 0.529. The van der Waals surface area contributed by atoms with E-state index < -0.39 is 0 Å². The molecule has 2 rings (SSSR count). The minimum absolute atomic E-state index is 0.529. The van der Waals surface area contributed by atoms with E-state index in [0.29, 0.717) is 6.54 Å². The number of carbonyl (C=O) groups excluding carboxylic acids is 1. The zero-order valence-corrected chi connectivity index (χ0v) is 10.7. The lowest BCUT2D eigenvalue weighted by Crippen LogP contribution is -2.20. The van der Waals surface area contributed by atoms with Crippen LogP contribution in [0.1, 0.15) is 5.56 Å². The van der Waals surface area contributed by atoms with Crippen molar-refractivity contribution < 1.29 is 4.79 Å². The predicted molar refractivity (Wildman–Crippen MR) is 72.5 cm³/mol. The minimum Gasteiger partial charge on any atom is -0.300 e. The van der Waals surface area contributed by atoms with Crippen LogP contribution in [0.25, 0.3) is 0 Å². The standard InChI is InChI=1S/C14H11BrNO/c15-13-7-4-8-14(9-13)16(11-17)10-12-5-2-1-3-6-12/h1-9H,10H2. The van der Waals surface area contributed by atoms with E-state index in [9.17, 15) is 4.79 Å². The number of halogens is 1. The Labute approximate surface area is 109 Å². The van der Waals surface area contributed by atoms with Gasteiger partial charge in [0.05, 0.1) is 6.54 Å². The van der Waals surface area contributed by atoms with E-state index in [4.69, 9.17) is 0 Å². The number of hydrogen-bond donors (Lipinski definition) is 0. The Morgan fingerprint density at radius 3 is 2.47 bits per heavy atom. The van der Waals surface area contributed by atoms with Crippen LogP contribution < -0.4 is 4.90 Å². The van der Waals surface area contributed by atoms with Crippen molar-refractivity contribution in [2.75, 3.05) is 4.90 Å². The highest BCUT2D eigenvalue weighted by molar-refractivity contribution is 9.10. The van der Waals surface area contributed by atoms with Gasteiger partial charge in [0, 0.05) is 10.2 Å². The molecular formula is C14H11BrNO. The summed E-state index contributed by atoms with van der Waals surface area (Å²) in [7, 11) is 0. The highest BCUT2D eigenvalue weighted by Crippen LogP contribution is 2.20. The van der Waals surface area contributed by atoms with Crippen LogP contribution in [0.4, 0.5) is 5.69 Å². The van der Waals surface area contributed by atoms with Crippen molar-refractivity contribution in [1.82, 2.24) is 0 Å². The molecule has 0 bridgehead atoms. The van der Waals surface area contributed by atoms with E-state index in [0.717, 1.165) is 15.7 Å². The second kappa shape index (κ2) is 5.64. The van der Waals surface area contributed by atoms with Crippen molar-refractivity contribution >= 4 is 28.0 Å². The molecule has 0 aliphatic carbocycles. The van der Waals surface area contributed by atoms with Crippen LogP contribution in [0.2, 0.25) is 0 Å². The first-order valence-corrected chi connectivity index (χ1v) is 6.04. The van der Waals surface area contributed by atoms with Crippen LogP contribution in [0, 0.1) is 0 Å². The van der Waals surface area contributed by atoms with Crippen LogP contribution in [0.5, 0.6) is 0 Å². The van der Waals surface area contributed by atoms with Crippen LogP contribution in [-0.2, 0) is 11.3 Å². The summed E-state index contributed by atoms with van der Waals surface area (Å²) in [5.41, 5.74) is 1.91. The summed E-state index contributed by atoms with van der Waals surface area (Å²) in [4.78, 5) is 12.6. The van der Waals surface area contributed by atoms with Crippen molar-refractivity contribution in [3.8, 4) is 0 Å². The molecule has 2 nitrogen and oxygen atoms in total. The average Bonchev–Trinajstić information content (AvgIpc) is 2.37. The van der Waals surface area contributed by atoms with Gasteiger partial charge in [-0.05, 0) is 23.8 Å². The van der Waals surface area contributed by atoms with Crippen molar-refractivity contribution in [1.29, 1.82) is 0 Å². The first-order valence-electron chi connectivity index (χ1n) is 5.24. The summed E-state index contributed by atoms with van der Waals surface area (Å²) in [5.74, 6) is 0. The Hall–Kier alpha value is -1.61. The third kappa shape index (κ3) is 3.17. The lowest BCUT2D eigenvalue weighted by Gasteiger charge is -2.16. The van der Waals surface area contributed by atoms with Crippen LogP contribution >= 0.6 is 15.9 Å². The smallest absolute Gasteiger partial charge is 0.300 e. The molecule has 2 aromatic carbocycles. The predicted octanol–water partition coefficient (Wildman–Crippen LogP) is 3.52. The van der Waals surface area contributed by atoms with E-state index >= 15 is 0 Å². The third-order valence-electron chi connectivity index (χ3n) is 2.41. The Morgan fingerprint density at radius 2 is 1.82 bits per heavy atom. The van der Waals surface area contributed by atoms with Gasteiger partial charge >= 0.3 is 6.41 Å². The Kier molecular flexibility index (Phi) is 3.94. The van der Waals surface area contributed by atoms with E-state index in [2.05, 4.69) is 15.9 Å². The lowest BCUT2D eigenvalue weighted by molar-refractivity contribution is 0.551. The lowest BCUT2D eigenvalue weighted by atomic mass is 10.2. The molecule has 0 saturated carbocycles. The molecule has 0 saturated heterocycles. The van der Waals surface area contributed by atoms with Gasteiger partial charge < -0.3 is 0 Å². The molecule has 1 radical (unpaired) electrons.